The number of anilines is 1. The number of aromatic nitrogens is 2. The Labute approximate surface area is 158 Å². The molecule has 1 aromatic carbocycles. The summed E-state index contributed by atoms with van der Waals surface area (Å²) >= 11 is 0. The molecule has 1 aliphatic heterocycles. The van der Waals surface area contributed by atoms with E-state index < -0.39 is 0 Å². The summed E-state index contributed by atoms with van der Waals surface area (Å²) in [4.78, 5) is 25.2. The van der Waals surface area contributed by atoms with E-state index in [2.05, 4.69) is 21.8 Å². The Bertz CT molecular complexity index is 824. The van der Waals surface area contributed by atoms with Gasteiger partial charge >= 0.3 is 0 Å². The lowest BCUT2D eigenvalue weighted by molar-refractivity contribution is -0.134. The molecule has 2 aliphatic rings. The monoisotopic (exact) mass is 368 g/mol. The molecule has 2 aromatic rings. The van der Waals surface area contributed by atoms with Gasteiger partial charge in [-0.05, 0) is 31.9 Å². The Kier molecular flexibility index (Phi) is 4.83. The number of piperazine rings is 1. The Hall–Kier alpha value is -2.83. The average molecular weight is 368 g/mol. The van der Waals surface area contributed by atoms with Crippen LogP contribution < -0.4 is 14.4 Å². The molecular formula is C20H24N4O3. The predicted molar refractivity (Wildman–Crippen MR) is 101 cm³/mol. The van der Waals surface area contributed by atoms with Crippen LogP contribution >= 0.6 is 0 Å². The lowest BCUT2D eigenvalue weighted by Gasteiger charge is -2.40. The molecule has 2 fully saturated rings. The molecule has 0 N–H and O–H groups in total. The van der Waals surface area contributed by atoms with Gasteiger partial charge in [-0.15, -0.1) is 0 Å². The van der Waals surface area contributed by atoms with Crippen LogP contribution in [0, 0.1) is 5.92 Å². The third-order valence-electron chi connectivity index (χ3n) is 5.07. The number of carbonyl (C=O) groups is 1. The van der Waals surface area contributed by atoms with E-state index in [1.165, 1.54) is 6.33 Å². The van der Waals surface area contributed by atoms with Gasteiger partial charge in [0.2, 0.25) is 11.8 Å². The first-order chi connectivity index (χ1) is 13.2. The molecule has 1 atom stereocenters. The maximum absolute atomic E-state index is 12.4. The summed E-state index contributed by atoms with van der Waals surface area (Å²) in [5.41, 5.74) is 0. The third kappa shape index (κ3) is 3.82. The molecule has 27 heavy (non-hydrogen) atoms. The highest BCUT2D eigenvalue weighted by atomic mass is 16.5. The van der Waals surface area contributed by atoms with Crippen LogP contribution in [0.1, 0.15) is 19.8 Å². The van der Waals surface area contributed by atoms with Crippen molar-refractivity contribution in [3.63, 3.8) is 0 Å². The smallest absolute Gasteiger partial charge is 0.226 e. The van der Waals surface area contributed by atoms with E-state index >= 15 is 0 Å². The molecule has 4 rings (SSSR count). The van der Waals surface area contributed by atoms with Gasteiger partial charge in [-0.25, -0.2) is 9.97 Å². The van der Waals surface area contributed by atoms with E-state index in [1.54, 1.807) is 7.11 Å². The van der Waals surface area contributed by atoms with Gasteiger partial charge in [-0.3, -0.25) is 4.79 Å². The number of para-hydroxylation sites is 2. The summed E-state index contributed by atoms with van der Waals surface area (Å²) in [7, 11) is 1.61. The number of methoxy groups -OCH3 is 1. The van der Waals surface area contributed by atoms with Gasteiger partial charge in [-0.1, -0.05) is 12.1 Å². The Balaban J connectivity index is 1.45. The summed E-state index contributed by atoms with van der Waals surface area (Å²) in [6.07, 6.45) is 3.59. The standard InChI is InChI=1S/C20H24N4O3/c1-14-12-23(9-10-24(14)20(25)15-7-8-15)18-11-19(22-13-21-18)27-17-6-4-3-5-16(17)26-2/h3-6,11,13-15H,7-10,12H2,1-2H3/t14-/m1/s1. The zero-order valence-corrected chi connectivity index (χ0v) is 15.7. The summed E-state index contributed by atoms with van der Waals surface area (Å²) in [5, 5.41) is 0. The van der Waals surface area contributed by atoms with E-state index in [0.717, 1.165) is 38.3 Å². The summed E-state index contributed by atoms with van der Waals surface area (Å²) in [5.74, 6) is 3.11. The molecule has 142 valence electrons. The van der Waals surface area contributed by atoms with E-state index in [-0.39, 0.29) is 12.0 Å². The lowest BCUT2D eigenvalue weighted by Crippen LogP contribution is -2.54. The number of carbonyl (C=O) groups excluding carboxylic acids is 1. The van der Waals surface area contributed by atoms with Crippen LogP contribution in [0.3, 0.4) is 0 Å². The first-order valence-electron chi connectivity index (χ1n) is 9.34. The van der Waals surface area contributed by atoms with Gasteiger partial charge in [0.25, 0.3) is 0 Å². The van der Waals surface area contributed by atoms with Crippen LogP contribution in [0.2, 0.25) is 0 Å². The van der Waals surface area contributed by atoms with Crippen molar-refractivity contribution in [3.8, 4) is 17.4 Å². The van der Waals surface area contributed by atoms with Gasteiger partial charge in [0.05, 0.1) is 7.11 Å². The Morgan fingerprint density at radius 1 is 1.15 bits per heavy atom. The van der Waals surface area contributed by atoms with Crippen LogP contribution in [0.5, 0.6) is 17.4 Å². The fraction of sp³-hybridized carbons (Fsp3) is 0.450. The molecule has 2 heterocycles. The highest BCUT2D eigenvalue weighted by Crippen LogP contribution is 2.33. The average Bonchev–Trinajstić information content (AvgIpc) is 3.53. The largest absolute Gasteiger partial charge is 0.493 e. The minimum absolute atomic E-state index is 0.167. The second-order valence-electron chi connectivity index (χ2n) is 7.07. The SMILES string of the molecule is COc1ccccc1Oc1cc(N2CCN(C(=O)C3CC3)[C@H](C)C2)ncn1. The molecule has 7 nitrogen and oxygen atoms in total. The van der Waals surface area contributed by atoms with Crippen molar-refractivity contribution in [3.05, 3.63) is 36.7 Å². The number of nitrogens with zero attached hydrogens (tertiary/aromatic N) is 4. The van der Waals surface area contributed by atoms with Gasteiger partial charge < -0.3 is 19.3 Å². The lowest BCUT2D eigenvalue weighted by atomic mass is 10.1. The van der Waals surface area contributed by atoms with Crippen molar-refractivity contribution < 1.29 is 14.3 Å². The molecule has 1 amide bonds. The number of ether oxygens (including phenoxy) is 2. The topological polar surface area (TPSA) is 67.8 Å². The number of amides is 1. The summed E-state index contributed by atoms with van der Waals surface area (Å²) in [6, 6.07) is 9.46. The van der Waals surface area contributed by atoms with Crippen molar-refractivity contribution in [2.75, 3.05) is 31.6 Å². The number of hydrogen-bond donors (Lipinski definition) is 0. The van der Waals surface area contributed by atoms with E-state index in [9.17, 15) is 4.79 Å². The van der Waals surface area contributed by atoms with Crippen LogP contribution in [0.4, 0.5) is 5.82 Å². The number of rotatable bonds is 5. The molecule has 1 saturated carbocycles. The zero-order chi connectivity index (χ0) is 18.8. The van der Waals surface area contributed by atoms with Crippen molar-refractivity contribution in [1.82, 2.24) is 14.9 Å². The van der Waals surface area contributed by atoms with Gasteiger partial charge in [0.1, 0.15) is 12.1 Å². The molecule has 0 spiro atoms. The van der Waals surface area contributed by atoms with E-state index in [0.29, 0.717) is 23.3 Å². The van der Waals surface area contributed by atoms with Crippen molar-refractivity contribution >= 4 is 11.7 Å². The Morgan fingerprint density at radius 2 is 1.93 bits per heavy atom. The highest BCUT2D eigenvalue weighted by Gasteiger charge is 2.37. The van der Waals surface area contributed by atoms with E-state index in [4.69, 9.17) is 9.47 Å². The molecule has 0 radical (unpaired) electrons. The fourth-order valence-corrected chi connectivity index (χ4v) is 3.43. The van der Waals surface area contributed by atoms with Crippen molar-refractivity contribution in [2.45, 2.75) is 25.8 Å². The number of benzene rings is 1. The minimum atomic E-state index is 0.167. The first-order valence-corrected chi connectivity index (χ1v) is 9.34. The van der Waals surface area contributed by atoms with Gasteiger partial charge in [0.15, 0.2) is 11.5 Å². The quantitative estimate of drug-likeness (QED) is 0.808. The predicted octanol–water partition coefficient (Wildman–Crippen LogP) is 2.72. The molecule has 1 aromatic heterocycles. The third-order valence-corrected chi connectivity index (χ3v) is 5.07. The zero-order valence-electron chi connectivity index (χ0n) is 15.7. The van der Waals surface area contributed by atoms with Crippen LogP contribution in [-0.2, 0) is 4.79 Å². The van der Waals surface area contributed by atoms with Crippen LogP contribution in [-0.4, -0.2) is 53.6 Å². The second-order valence-corrected chi connectivity index (χ2v) is 7.07. The Morgan fingerprint density at radius 3 is 2.63 bits per heavy atom. The maximum atomic E-state index is 12.4. The van der Waals surface area contributed by atoms with E-state index in [1.807, 2.05) is 35.2 Å². The molecular weight excluding hydrogens is 344 g/mol. The molecule has 1 aliphatic carbocycles. The normalized spacial score (nSPS) is 19.7. The molecule has 0 unspecified atom stereocenters. The molecule has 0 bridgehead atoms. The van der Waals surface area contributed by atoms with Crippen molar-refractivity contribution in [2.24, 2.45) is 5.92 Å². The molecule has 1 saturated heterocycles. The maximum Gasteiger partial charge on any atom is 0.226 e. The highest BCUT2D eigenvalue weighted by molar-refractivity contribution is 5.81. The number of hydrogen-bond acceptors (Lipinski definition) is 6. The van der Waals surface area contributed by atoms with Gasteiger partial charge in [0, 0.05) is 37.7 Å². The van der Waals surface area contributed by atoms with Gasteiger partial charge in [-0.2, -0.15) is 0 Å². The summed E-state index contributed by atoms with van der Waals surface area (Å²) in [6.45, 7) is 4.33. The second kappa shape index (κ2) is 7.42. The van der Waals surface area contributed by atoms with Crippen molar-refractivity contribution in [1.29, 1.82) is 0 Å². The van der Waals surface area contributed by atoms with Crippen LogP contribution in [0.25, 0.3) is 0 Å². The molecule has 7 heteroatoms. The summed E-state index contributed by atoms with van der Waals surface area (Å²) < 4.78 is 11.2. The van der Waals surface area contributed by atoms with Crippen LogP contribution in [0.15, 0.2) is 36.7 Å². The fourth-order valence-electron chi connectivity index (χ4n) is 3.43. The minimum Gasteiger partial charge on any atom is -0.493 e. The first kappa shape index (κ1) is 17.6.